The zero-order valence-electron chi connectivity index (χ0n) is 10.8. The number of hydrogen-bond donors (Lipinski definition) is 2. The second-order valence-corrected chi connectivity index (χ2v) is 5.97. The van der Waals surface area contributed by atoms with Gasteiger partial charge in [0.1, 0.15) is 5.41 Å². The van der Waals surface area contributed by atoms with Crippen molar-refractivity contribution < 1.29 is 14.7 Å². The predicted octanol–water partition coefficient (Wildman–Crippen LogP) is 2.07. The molecule has 4 nitrogen and oxygen atoms in total. The van der Waals surface area contributed by atoms with E-state index in [4.69, 9.17) is 5.11 Å². The molecule has 0 atom stereocenters. The van der Waals surface area contributed by atoms with E-state index in [2.05, 4.69) is 5.32 Å². The highest BCUT2D eigenvalue weighted by molar-refractivity contribution is 7.99. The highest BCUT2D eigenvalue weighted by atomic mass is 32.2. The Morgan fingerprint density at radius 1 is 1.32 bits per heavy atom. The SMILES string of the molecule is Cc1ccc(SCCNC(=O)C2(C(=O)O)CC2)cc1. The lowest BCUT2D eigenvalue weighted by molar-refractivity contribution is -0.148. The summed E-state index contributed by atoms with van der Waals surface area (Å²) in [7, 11) is 0. The van der Waals surface area contributed by atoms with E-state index in [9.17, 15) is 9.59 Å². The number of amides is 1. The molecule has 2 N–H and O–H groups in total. The monoisotopic (exact) mass is 279 g/mol. The number of aliphatic carboxylic acids is 1. The lowest BCUT2D eigenvalue weighted by Crippen LogP contribution is -2.38. The van der Waals surface area contributed by atoms with Crippen LogP contribution in [0.15, 0.2) is 29.2 Å². The van der Waals surface area contributed by atoms with E-state index in [-0.39, 0.29) is 5.91 Å². The van der Waals surface area contributed by atoms with Gasteiger partial charge in [0.05, 0.1) is 0 Å². The largest absolute Gasteiger partial charge is 0.480 e. The molecule has 0 bridgehead atoms. The highest BCUT2D eigenvalue weighted by Crippen LogP contribution is 2.46. The van der Waals surface area contributed by atoms with Gasteiger partial charge in [-0.2, -0.15) is 0 Å². The minimum absolute atomic E-state index is 0.343. The van der Waals surface area contributed by atoms with Gasteiger partial charge in [-0.25, -0.2) is 0 Å². The molecule has 0 heterocycles. The van der Waals surface area contributed by atoms with Gasteiger partial charge >= 0.3 is 5.97 Å². The number of hydrogen-bond acceptors (Lipinski definition) is 3. The number of carbonyl (C=O) groups is 2. The number of thioether (sulfide) groups is 1. The van der Waals surface area contributed by atoms with E-state index >= 15 is 0 Å². The summed E-state index contributed by atoms with van der Waals surface area (Å²) < 4.78 is 0. The Bertz CT molecular complexity index is 480. The first-order chi connectivity index (χ1) is 9.04. The molecule has 0 aliphatic heterocycles. The van der Waals surface area contributed by atoms with Crippen molar-refractivity contribution in [3.8, 4) is 0 Å². The maximum atomic E-state index is 11.7. The molecule has 0 aromatic heterocycles. The summed E-state index contributed by atoms with van der Waals surface area (Å²) in [5.41, 5.74) is 0.0870. The van der Waals surface area contributed by atoms with Gasteiger partial charge < -0.3 is 10.4 Å². The molecule has 1 saturated carbocycles. The summed E-state index contributed by atoms with van der Waals surface area (Å²) in [6.45, 7) is 2.53. The van der Waals surface area contributed by atoms with Crippen molar-refractivity contribution in [2.45, 2.75) is 24.7 Å². The molecule has 0 unspecified atom stereocenters. The minimum Gasteiger partial charge on any atom is -0.480 e. The van der Waals surface area contributed by atoms with E-state index in [0.29, 0.717) is 19.4 Å². The summed E-state index contributed by atoms with van der Waals surface area (Å²) in [6, 6.07) is 8.18. The number of benzene rings is 1. The van der Waals surface area contributed by atoms with Gasteiger partial charge in [-0.3, -0.25) is 9.59 Å². The number of carboxylic acid groups (broad SMARTS) is 1. The Morgan fingerprint density at radius 2 is 1.95 bits per heavy atom. The average Bonchev–Trinajstić information content (AvgIpc) is 3.18. The van der Waals surface area contributed by atoms with E-state index in [1.54, 1.807) is 11.8 Å². The Morgan fingerprint density at radius 3 is 2.47 bits per heavy atom. The molecular weight excluding hydrogens is 262 g/mol. The molecule has 1 aromatic carbocycles. The fraction of sp³-hybridized carbons (Fsp3) is 0.429. The van der Waals surface area contributed by atoms with Crippen molar-refractivity contribution in [2.24, 2.45) is 5.41 Å². The van der Waals surface area contributed by atoms with Crippen molar-refractivity contribution in [1.29, 1.82) is 0 Å². The number of aryl methyl sites for hydroxylation is 1. The van der Waals surface area contributed by atoms with Crippen LogP contribution in [0.2, 0.25) is 0 Å². The van der Waals surface area contributed by atoms with Crippen LogP contribution in [0.1, 0.15) is 18.4 Å². The first-order valence-corrected chi connectivity index (χ1v) is 7.24. The zero-order valence-corrected chi connectivity index (χ0v) is 11.6. The minimum atomic E-state index is -1.13. The maximum absolute atomic E-state index is 11.7. The van der Waals surface area contributed by atoms with Gasteiger partial charge in [0.15, 0.2) is 0 Å². The third-order valence-corrected chi connectivity index (χ3v) is 4.29. The van der Waals surface area contributed by atoms with Gasteiger partial charge in [-0.15, -0.1) is 11.8 Å². The number of rotatable bonds is 6. The maximum Gasteiger partial charge on any atom is 0.319 e. The van der Waals surface area contributed by atoms with Gasteiger partial charge in [0.2, 0.25) is 5.91 Å². The molecule has 1 aliphatic carbocycles. The highest BCUT2D eigenvalue weighted by Gasteiger charge is 2.56. The first-order valence-electron chi connectivity index (χ1n) is 6.26. The third-order valence-electron chi connectivity index (χ3n) is 3.27. The Balaban J connectivity index is 1.71. The quantitative estimate of drug-likeness (QED) is 0.475. The molecule has 1 aromatic rings. The standard InChI is InChI=1S/C14H17NO3S/c1-10-2-4-11(5-3-10)19-9-8-15-12(16)14(6-7-14)13(17)18/h2-5H,6-9H2,1H3,(H,15,16)(H,17,18). The zero-order chi connectivity index (χ0) is 13.9. The molecule has 0 spiro atoms. The predicted molar refractivity (Wildman–Crippen MR) is 74.2 cm³/mol. The molecule has 5 heteroatoms. The second kappa shape index (κ2) is 5.65. The van der Waals surface area contributed by atoms with Crippen LogP contribution in [0, 0.1) is 12.3 Å². The molecular formula is C14H17NO3S. The van der Waals surface area contributed by atoms with Crippen LogP contribution in [0.5, 0.6) is 0 Å². The van der Waals surface area contributed by atoms with Crippen LogP contribution < -0.4 is 5.32 Å². The van der Waals surface area contributed by atoms with Gasteiger partial charge in [-0.05, 0) is 31.9 Å². The second-order valence-electron chi connectivity index (χ2n) is 4.80. The molecule has 102 valence electrons. The molecule has 19 heavy (non-hydrogen) atoms. The van der Waals surface area contributed by atoms with Gasteiger partial charge in [0.25, 0.3) is 0 Å². The van der Waals surface area contributed by atoms with Crippen molar-refractivity contribution in [1.82, 2.24) is 5.32 Å². The van der Waals surface area contributed by atoms with Crippen molar-refractivity contribution >= 4 is 23.6 Å². The smallest absolute Gasteiger partial charge is 0.319 e. The Kier molecular flexibility index (Phi) is 4.14. The lowest BCUT2D eigenvalue weighted by atomic mass is 10.1. The number of carbonyl (C=O) groups excluding carboxylic acids is 1. The van der Waals surface area contributed by atoms with Crippen LogP contribution in [0.3, 0.4) is 0 Å². The van der Waals surface area contributed by atoms with Crippen LogP contribution >= 0.6 is 11.8 Å². The number of carboxylic acids is 1. The fourth-order valence-electron chi connectivity index (χ4n) is 1.80. The van der Waals surface area contributed by atoms with Crippen molar-refractivity contribution in [3.63, 3.8) is 0 Å². The fourth-order valence-corrected chi connectivity index (χ4v) is 2.57. The molecule has 1 amide bonds. The summed E-state index contributed by atoms with van der Waals surface area (Å²) >= 11 is 1.65. The van der Waals surface area contributed by atoms with Crippen molar-refractivity contribution in [2.75, 3.05) is 12.3 Å². The topological polar surface area (TPSA) is 66.4 Å². The van der Waals surface area contributed by atoms with E-state index in [1.165, 1.54) is 5.56 Å². The average molecular weight is 279 g/mol. The van der Waals surface area contributed by atoms with Crippen molar-refractivity contribution in [3.05, 3.63) is 29.8 Å². The van der Waals surface area contributed by atoms with Crippen LogP contribution in [-0.2, 0) is 9.59 Å². The van der Waals surface area contributed by atoms with Gasteiger partial charge in [0, 0.05) is 17.2 Å². The summed E-state index contributed by atoms with van der Waals surface area (Å²) in [4.78, 5) is 23.8. The molecule has 2 rings (SSSR count). The van der Waals surface area contributed by atoms with E-state index in [0.717, 1.165) is 10.6 Å². The first kappa shape index (κ1) is 13.9. The molecule has 1 aliphatic rings. The number of nitrogens with one attached hydrogen (secondary N) is 1. The third kappa shape index (κ3) is 3.29. The van der Waals surface area contributed by atoms with Gasteiger partial charge in [-0.1, -0.05) is 17.7 Å². The molecule has 0 radical (unpaired) electrons. The van der Waals surface area contributed by atoms with E-state index in [1.807, 2.05) is 31.2 Å². The molecule has 1 fully saturated rings. The Labute approximate surface area is 116 Å². The summed E-state index contributed by atoms with van der Waals surface area (Å²) in [5, 5.41) is 11.7. The summed E-state index contributed by atoms with van der Waals surface area (Å²) in [6.07, 6.45) is 0.915. The van der Waals surface area contributed by atoms with E-state index < -0.39 is 11.4 Å². The van der Waals surface area contributed by atoms with Crippen LogP contribution in [0.25, 0.3) is 0 Å². The Hall–Kier alpha value is -1.49. The van der Waals surface area contributed by atoms with Crippen LogP contribution in [0.4, 0.5) is 0 Å². The molecule has 0 saturated heterocycles. The lowest BCUT2D eigenvalue weighted by Gasteiger charge is -2.10. The normalized spacial score (nSPS) is 15.8. The van der Waals surface area contributed by atoms with Crippen LogP contribution in [-0.4, -0.2) is 29.3 Å². The summed E-state index contributed by atoms with van der Waals surface area (Å²) in [5.74, 6) is -0.606.